The highest BCUT2D eigenvalue weighted by Gasteiger charge is 2.14. The van der Waals surface area contributed by atoms with Crippen LogP contribution >= 0.6 is 11.8 Å². The number of nitrogens with zero attached hydrogens (tertiary/aromatic N) is 2. The average Bonchev–Trinajstić information content (AvgIpc) is 3.07. The number of anilines is 1. The van der Waals surface area contributed by atoms with Crippen molar-refractivity contribution in [2.24, 2.45) is 0 Å². The highest BCUT2D eigenvalue weighted by Crippen LogP contribution is 2.23. The second kappa shape index (κ2) is 9.11. The molecule has 2 aromatic carbocycles. The first-order chi connectivity index (χ1) is 13.0. The maximum atomic E-state index is 12.5. The lowest BCUT2D eigenvalue weighted by molar-refractivity contribution is -0.115. The summed E-state index contributed by atoms with van der Waals surface area (Å²) in [6.45, 7) is 3.91. The van der Waals surface area contributed by atoms with Crippen molar-refractivity contribution in [1.82, 2.24) is 9.47 Å². The molecule has 0 fully saturated rings. The molecule has 1 unspecified atom stereocenters. The van der Waals surface area contributed by atoms with Gasteiger partial charge in [-0.1, -0.05) is 30.3 Å². The minimum absolute atomic E-state index is 0.0438. The summed E-state index contributed by atoms with van der Waals surface area (Å²) in [5.41, 5.74) is 3.29. The standard InChI is InChI=1S/C22H27N3OS/c1-17(27-16-18-7-5-4-6-8-18)22(26)23-20-9-10-21-19(15-20)11-12-25(21)14-13-24(2)3/h4-12,15,17H,13-14,16H2,1-3H3,(H,23,26). The molecule has 1 atom stereocenters. The Balaban J connectivity index is 1.59. The molecule has 0 saturated carbocycles. The maximum Gasteiger partial charge on any atom is 0.237 e. The summed E-state index contributed by atoms with van der Waals surface area (Å²) in [5, 5.41) is 4.10. The number of likely N-dealkylation sites (N-methyl/N-ethyl adjacent to an activating group) is 1. The van der Waals surface area contributed by atoms with E-state index in [1.807, 2.05) is 37.3 Å². The Bertz CT molecular complexity index is 889. The Kier molecular flexibility index (Phi) is 6.58. The van der Waals surface area contributed by atoms with E-state index in [1.54, 1.807) is 11.8 Å². The number of rotatable bonds is 8. The number of hydrogen-bond acceptors (Lipinski definition) is 3. The third kappa shape index (κ3) is 5.37. The van der Waals surface area contributed by atoms with E-state index in [1.165, 1.54) is 11.1 Å². The zero-order valence-electron chi connectivity index (χ0n) is 16.2. The fourth-order valence-corrected chi connectivity index (χ4v) is 3.74. The first kappa shape index (κ1) is 19.5. The molecule has 5 heteroatoms. The predicted molar refractivity (Wildman–Crippen MR) is 116 cm³/mol. The van der Waals surface area contributed by atoms with Gasteiger partial charge in [0, 0.05) is 41.6 Å². The Morgan fingerprint density at radius 3 is 2.67 bits per heavy atom. The van der Waals surface area contributed by atoms with E-state index in [-0.39, 0.29) is 11.2 Å². The van der Waals surface area contributed by atoms with E-state index in [0.717, 1.165) is 29.9 Å². The molecular weight excluding hydrogens is 354 g/mol. The SMILES string of the molecule is CC(SCc1ccccc1)C(=O)Nc1ccc2c(ccn2CCN(C)C)c1. The van der Waals surface area contributed by atoms with Crippen LogP contribution in [0.25, 0.3) is 10.9 Å². The second-order valence-corrected chi connectivity index (χ2v) is 8.34. The van der Waals surface area contributed by atoms with Crippen LogP contribution < -0.4 is 5.32 Å². The van der Waals surface area contributed by atoms with Crippen LogP contribution in [0.2, 0.25) is 0 Å². The van der Waals surface area contributed by atoms with E-state index in [4.69, 9.17) is 0 Å². The molecule has 0 spiro atoms. The van der Waals surface area contributed by atoms with E-state index in [9.17, 15) is 4.79 Å². The molecule has 142 valence electrons. The number of aromatic nitrogens is 1. The normalized spacial score (nSPS) is 12.4. The van der Waals surface area contributed by atoms with Crippen molar-refractivity contribution in [2.75, 3.05) is 26.0 Å². The number of carbonyl (C=O) groups excluding carboxylic acids is 1. The van der Waals surface area contributed by atoms with Crippen LogP contribution in [-0.2, 0) is 17.1 Å². The van der Waals surface area contributed by atoms with Crippen molar-refractivity contribution >= 4 is 34.3 Å². The summed E-state index contributed by atoms with van der Waals surface area (Å²) in [6.07, 6.45) is 2.11. The van der Waals surface area contributed by atoms with E-state index in [2.05, 4.69) is 59.3 Å². The lowest BCUT2D eigenvalue weighted by atomic mass is 10.2. The van der Waals surface area contributed by atoms with Crippen LogP contribution in [0.4, 0.5) is 5.69 Å². The van der Waals surface area contributed by atoms with Crippen LogP contribution in [0.15, 0.2) is 60.8 Å². The van der Waals surface area contributed by atoms with Gasteiger partial charge in [-0.25, -0.2) is 0 Å². The van der Waals surface area contributed by atoms with Gasteiger partial charge in [0.15, 0.2) is 0 Å². The summed E-state index contributed by atoms with van der Waals surface area (Å²) >= 11 is 1.65. The van der Waals surface area contributed by atoms with Crippen LogP contribution in [0.3, 0.4) is 0 Å². The summed E-state index contributed by atoms with van der Waals surface area (Å²) < 4.78 is 2.25. The fourth-order valence-electron chi connectivity index (χ4n) is 2.90. The van der Waals surface area contributed by atoms with Crippen molar-refractivity contribution in [1.29, 1.82) is 0 Å². The summed E-state index contributed by atoms with van der Waals surface area (Å²) in [5.74, 6) is 0.880. The zero-order valence-corrected chi connectivity index (χ0v) is 17.0. The Morgan fingerprint density at radius 2 is 1.93 bits per heavy atom. The van der Waals surface area contributed by atoms with Gasteiger partial charge in [-0.2, -0.15) is 0 Å². The molecule has 1 aromatic heterocycles. The van der Waals surface area contributed by atoms with Crippen molar-refractivity contribution < 1.29 is 4.79 Å². The van der Waals surface area contributed by atoms with Crippen LogP contribution in [0.5, 0.6) is 0 Å². The molecule has 1 N–H and O–H groups in total. The Hall–Kier alpha value is -2.24. The first-order valence-electron chi connectivity index (χ1n) is 9.23. The number of amides is 1. The number of nitrogens with one attached hydrogen (secondary N) is 1. The van der Waals surface area contributed by atoms with Crippen molar-refractivity contribution in [2.45, 2.75) is 24.5 Å². The molecular formula is C22H27N3OS. The van der Waals surface area contributed by atoms with Crippen molar-refractivity contribution in [3.63, 3.8) is 0 Å². The average molecular weight is 382 g/mol. The molecule has 1 heterocycles. The predicted octanol–water partition coefficient (Wildman–Crippen LogP) is 4.46. The molecule has 0 aliphatic rings. The zero-order chi connectivity index (χ0) is 19.2. The van der Waals surface area contributed by atoms with Gasteiger partial charge in [0.2, 0.25) is 5.91 Å². The third-order valence-electron chi connectivity index (χ3n) is 4.54. The van der Waals surface area contributed by atoms with Crippen molar-refractivity contribution in [3.8, 4) is 0 Å². The number of fused-ring (bicyclic) bond motifs is 1. The number of benzene rings is 2. The molecule has 27 heavy (non-hydrogen) atoms. The number of thioether (sulfide) groups is 1. The minimum Gasteiger partial charge on any atom is -0.346 e. The van der Waals surface area contributed by atoms with Gasteiger partial charge in [0.1, 0.15) is 0 Å². The Morgan fingerprint density at radius 1 is 1.15 bits per heavy atom. The van der Waals surface area contributed by atoms with Crippen LogP contribution in [0.1, 0.15) is 12.5 Å². The Labute approximate surface area is 165 Å². The largest absolute Gasteiger partial charge is 0.346 e. The van der Waals surface area contributed by atoms with Crippen molar-refractivity contribution in [3.05, 3.63) is 66.4 Å². The number of hydrogen-bond donors (Lipinski definition) is 1. The smallest absolute Gasteiger partial charge is 0.237 e. The van der Waals surface area contributed by atoms with Gasteiger partial charge in [-0.3, -0.25) is 4.79 Å². The van der Waals surface area contributed by atoms with Crippen LogP contribution in [-0.4, -0.2) is 41.3 Å². The van der Waals surface area contributed by atoms with E-state index >= 15 is 0 Å². The van der Waals surface area contributed by atoms with Gasteiger partial charge >= 0.3 is 0 Å². The summed E-state index contributed by atoms with van der Waals surface area (Å²) in [4.78, 5) is 14.7. The first-order valence-corrected chi connectivity index (χ1v) is 10.3. The maximum absolute atomic E-state index is 12.5. The lowest BCUT2D eigenvalue weighted by Gasteiger charge is -2.13. The third-order valence-corrected chi connectivity index (χ3v) is 5.75. The molecule has 3 aromatic rings. The minimum atomic E-state index is -0.106. The van der Waals surface area contributed by atoms with Gasteiger partial charge in [0.25, 0.3) is 0 Å². The summed E-state index contributed by atoms with van der Waals surface area (Å²) in [7, 11) is 4.16. The molecule has 4 nitrogen and oxygen atoms in total. The quantitative estimate of drug-likeness (QED) is 0.626. The highest BCUT2D eigenvalue weighted by molar-refractivity contribution is 7.99. The molecule has 0 radical (unpaired) electrons. The molecule has 0 aliphatic heterocycles. The molecule has 0 saturated heterocycles. The fraction of sp³-hybridized carbons (Fsp3) is 0.318. The van der Waals surface area contributed by atoms with Gasteiger partial charge in [0.05, 0.1) is 5.25 Å². The lowest BCUT2D eigenvalue weighted by Crippen LogP contribution is -2.22. The van der Waals surface area contributed by atoms with Gasteiger partial charge in [-0.15, -0.1) is 11.8 Å². The molecule has 1 amide bonds. The topological polar surface area (TPSA) is 37.3 Å². The van der Waals surface area contributed by atoms with E-state index < -0.39 is 0 Å². The number of carbonyl (C=O) groups is 1. The second-order valence-electron chi connectivity index (χ2n) is 7.01. The summed E-state index contributed by atoms with van der Waals surface area (Å²) in [6, 6.07) is 18.5. The molecule has 0 bridgehead atoms. The molecule has 0 aliphatic carbocycles. The van der Waals surface area contributed by atoms with E-state index in [0.29, 0.717) is 0 Å². The monoisotopic (exact) mass is 381 g/mol. The van der Waals surface area contributed by atoms with Gasteiger partial charge in [-0.05, 0) is 50.8 Å². The van der Waals surface area contributed by atoms with Gasteiger partial charge < -0.3 is 14.8 Å². The highest BCUT2D eigenvalue weighted by atomic mass is 32.2. The van der Waals surface area contributed by atoms with Crippen LogP contribution in [0, 0.1) is 0 Å². The molecule has 3 rings (SSSR count).